The predicted molar refractivity (Wildman–Crippen MR) is 78.0 cm³/mol. The third-order valence-electron chi connectivity index (χ3n) is 3.87. The van der Waals surface area contributed by atoms with Gasteiger partial charge in [0.05, 0.1) is 0 Å². The van der Waals surface area contributed by atoms with Crippen LogP contribution in [0.4, 0.5) is 10.5 Å². The number of nitrogens with one attached hydrogen (secondary N) is 1. The molecule has 0 unspecified atom stereocenters. The fraction of sp³-hybridized carbons (Fsp3) is 0.533. The summed E-state index contributed by atoms with van der Waals surface area (Å²) in [6, 6.07) is 8.31. The van der Waals surface area contributed by atoms with E-state index in [1.807, 2.05) is 29.2 Å². The lowest BCUT2D eigenvalue weighted by molar-refractivity contribution is 0.133. The number of carbonyl (C=O) groups is 1. The smallest absolute Gasteiger partial charge is 0.322 e. The minimum Gasteiger partial charge on any atom is -0.326 e. The number of nitrogens with zero attached hydrogens (tertiary/aromatic N) is 1. The van der Waals surface area contributed by atoms with E-state index in [0.717, 1.165) is 24.1 Å². The average Bonchev–Trinajstić information content (AvgIpc) is 2.39. The largest absolute Gasteiger partial charge is 0.326 e. The summed E-state index contributed by atoms with van der Waals surface area (Å²) in [5, 5.41) is 2.97. The number of amides is 2. The number of nitrogens with two attached hydrogens (primary N) is 1. The van der Waals surface area contributed by atoms with Crippen molar-refractivity contribution in [3.63, 3.8) is 0 Å². The van der Waals surface area contributed by atoms with Gasteiger partial charge in [-0.3, -0.25) is 0 Å². The molecule has 2 atom stereocenters. The molecule has 1 fully saturated rings. The Kier molecular flexibility index (Phi) is 4.43. The van der Waals surface area contributed by atoms with Gasteiger partial charge in [0.15, 0.2) is 0 Å². The number of urea groups is 1. The molecule has 1 aliphatic rings. The fourth-order valence-corrected chi connectivity index (χ4v) is 2.73. The predicted octanol–water partition coefficient (Wildman–Crippen LogP) is 2.94. The van der Waals surface area contributed by atoms with Crippen molar-refractivity contribution < 1.29 is 4.79 Å². The van der Waals surface area contributed by atoms with Crippen LogP contribution in [0.25, 0.3) is 0 Å². The molecule has 0 aromatic heterocycles. The van der Waals surface area contributed by atoms with Crippen LogP contribution in [0.5, 0.6) is 0 Å². The van der Waals surface area contributed by atoms with Gasteiger partial charge in [-0.1, -0.05) is 12.1 Å². The average molecular weight is 261 g/mol. The molecular formula is C15H23N3O. The third-order valence-corrected chi connectivity index (χ3v) is 3.87. The number of hydrogen-bond donors (Lipinski definition) is 2. The standard InChI is InChI=1S/C15H23N3O/c1-11-4-3-5-12(2)18(11)15(19)17-14-8-6-13(10-16)7-9-14/h6-9,11-12H,3-5,10,16H2,1-2H3,(H,17,19)/t11-,12+. The van der Waals surface area contributed by atoms with Gasteiger partial charge in [0, 0.05) is 24.3 Å². The molecule has 3 N–H and O–H groups in total. The zero-order chi connectivity index (χ0) is 13.8. The van der Waals surface area contributed by atoms with Crippen molar-refractivity contribution in [3.8, 4) is 0 Å². The summed E-state index contributed by atoms with van der Waals surface area (Å²) in [4.78, 5) is 14.3. The molecule has 1 aliphatic heterocycles. The van der Waals surface area contributed by atoms with Gasteiger partial charge in [-0.15, -0.1) is 0 Å². The summed E-state index contributed by atoms with van der Waals surface area (Å²) in [6.45, 7) is 4.76. The van der Waals surface area contributed by atoms with Gasteiger partial charge < -0.3 is 16.0 Å². The lowest BCUT2D eigenvalue weighted by Gasteiger charge is -2.38. The van der Waals surface area contributed by atoms with Crippen LogP contribution in [0.1, 0.15) is 38.7 Å². The number of carbonyl (C=O) groups excluding carboxylic acids is 1. The fourth-order valence-electron chi connectivity index (χ4n) is 2.73. The molecule has 0 radical (unpaired) electrons. The molecule has 0 bridgehead atoms. The van der Waals surface area contributed by atoms with Crippen LogP contribution in [0, 0.1) is 0 Å². The van der Waals surface area contributed by atoms with Crippen molar-refractivity contribution in [1.82, 2.24) is 4.90 Å². The Balaban J connectivity index is 2.02. The Bertz CT molecular complexity index is 420. The highest BCUT2D eigenvalue weighted by atomic mass is 16.2. The van der Waals surface area contributed by atoms with E-state index in [0.29, 0.717) is 18.6 Å². The van der Waals surface area contributed by atoms with E-state index in [9.17, 15) is 4.79 Å². The van der Waals surface area contributed by atoms with Gasteiger partial charge in [0.25, 0.3) is 0 Å². The van der Waals surface area contributed by atoms with Crippen LogP contribution in [0.3, 0.4) is 0 Å². The number of likely N-dealkylation sites (tertiary alicyclic amines) is 1. The zero-order valence-electron chi connectivity index (χ0n) is 11.7. The van der Waals surface area contributed by atoms with Crippen molar-refractivity contribution in [2.45, 2.75) is 51.7 Å². The first-order valence-electron chi connectivity index (χ1n) is 7.00. The lowest BCUT2D eigenvalue weighted by atomic mass is 9.98. The van der Waals surface area contributed by atoms with Crippen molar-refractivity contribution in [3.05, 3.63) is 29.8 Å². The Labute approximate surface area is 115 Å². The molecule has 2 amide bonds. The molecule has 19 heavy (non-hydrogen) atoms. The minimum absolute atomic E-state index is 0.000184. The van der Waals surface area contributed by atoms with E-state index >= 15 is 0 Å². The van der Waals surface area contributed by atoms with E-state index in [2.05, 4.69) is 19.2 Å². The second-order valence-corrected chi connectivity index (χ2v) is 5.37. The van der Waals surface area contributed by atoms with Crippen LogP contribution < -0.4 is 11.1 Å². The number of hydrogen-bond acceptors (Lipinski definition) is 2. The quantitative estimate of drug-likeness (QED) is 0.860. The van der Waals surface area contributed by atoms with E-state index < -0.39 is 0 Å². The van der Waals surface area contributed by atoms with Gasteiger partial charge in [-0.25, -0.2) is 4.79 Å². The summed E-state index contributed by atoms with van der Waals surface area (Å²) in [5.74, 6) is 0. The number of anilines is 1. The van der Waals surface area contributed by atoms with Crippen molar-refractivity contribution in [2.24, 2.45) is 5.73 Å². The molecule has 1 aromatic rings. The van der Waals surface area contributed by atoms with Crippen LogP contribution >= 0.6 is 0 Å². The number of benzene rings is 1. The highest BCUT2D eigenvalue weighted by Gasteiger charge is 2.28. The molecule has 1 heterocycles. The summed E-state index contributed by atoms with van der Waals surface area (Å²) in [5.41, 5.74) is 7.45. The number of piperidine rings is 1. The van der Waals surface area contributed by atoms with Crippen molar-refractivity contribution in [2.75, 3.05) is 5.32 Å². The van der Waals surface area contributed by atoms with Crippen LogP contribution in [0.15, 0.2) is 24.3 Å². The Morgan fingerprint density at radius 2 is 1.84 bits per heavy atom. The maximum absolute atomic E-state index is 12.3. The Morgan fingerprint density at radius 3 is 2.37 bits per heavy atom. The van der Waals surface area contributed by atoms with E-state index in [4.69, 9.17) is 5.73 Å². The molecule has 4 nitrogen and oxygen atoms in total. The van der Waals surface area contributed by atoms with Gasteiger partial charge in [0.2, 0.25) is 0 Å². The minimum atomic E-state index is 0.000184. The summed E-state index contributed by atoms with van der Waals surface area (Å²) in [6.07, 6.45) is 3.38. The molecule has 1 saturated heterocycles. The van der Waals surface area contributed by atoms with Gasteiger partial charge in [0.1, 0.15) is 0 Å². The van der Waals surface area contributed by atoms with Gasteiger partial charge in [-0.2, -0.15) is 0 Å². The molecule has 1 aromatic carbocycles. The molecule has 0 saturated carbocycles. The Morgan fingerprint density at radius 1 is 1.26 bits per heavy atom. The normalized spacial score (nSPS) is 23.2. The Hall–Kier alpha value is -1.55. The van der Waals surface area contributed by atoms with E-state index in [1.165, 1.54) is 6.42 Å². The molecule has 0 aliphatic carbocycles. The molecule has 4 heteroatoms. The first kappa shape index (κ1) is 13.9. The third kappa shape index (κ3) is 3.26. The molecule has 2 rings (SSSR count). The second kappa shape index (κ2) is 6.06. The SMILES string of the molecule is C[C@@H]1CCC[C@H](C)N1C(=O)Nc1ccc(CN)cc1. The maximum Gasteiger partial charge on any atom is 0.322 e. The highest BCUT2D eigenvalue weighted by Crippen LogP contribution is 2.23. The van der Waals surface area contributed by atoms with Crippen molar-refractivity contribution >= 4 is 11.7 Å². The van der Waals surface area contributed by atoms with Crippen LogP contribution in [-0.4, -0.2) is 23.0 Å². The van der Waals surface area contributed by atoms with Crippen molar-refractivity contribution in [1.29, 1.82) is 0 Å². The van der Waals surface area contributed by atoms with Gasteiger partial charge in [-0.05, 0) is 50.8 Å². The summed E-state index contributed by atoms with van der Waals surface area (Å²) < 4.78 is 0. The van der Waals surface area contributed by atoms with Crippen LogP contribution in [-0.2, 0) is 6.54 Å². The second-order valence-electron chi connectivity index (χ2n) is 5.37. The topological polar surface area (TPSA) is 58.4 Å². The highest BCUT2D eigenvalue weighted by molar-refractivity contribution is 5.89. The lowest BCUT2D eigenvalue weighted by Crippen LogP contribution is -2.49. The molecule has 0 spiro atoms. The summed E-state index contributed by atoms with van der Waals surface area (Å²) in [7, 11) is 0. The summed E-state index contributed by atoms with van der Waals surface area (Å²) >= 11 is 0. The maximum atomic E-state index is 12.3. The monoisotopic (exact) mass is 261 g/mol. The number of rotatable bonds is 2. The van der Waals surface area contributed by atoms with E-state index in [1.54, 1.807) is 0 Å². The molecular weight excluding hydrogens is 238 g/mol. The van der Waals surface area contributed by atoms with E-state index in [-0.39, 0.29) is 6.03 Å². The van der Waals surface area contributed by atoms with Crippen LogP contribution in [0.2, 0.25) is 0 Å². The first-order valence-corrected chi connectivity index (χ1v) is 7.00. The molecule has 104 valence electrons. The first-order chi connectivity index (χ1) is 9.11. The van der Waals surface area contributed by atoms with Gasteiger partial charge >= 0.3 is 6.03 Å². The zero-order valence-corrected chi connectivity index (χ0v) is 11.7.